The lowest BCUT2D eigenvalue weighted by atomic mass is 9.74. The summed E-state index contributed by atoms with van der Waals surface area (Å²) in [4.78, 5) is 2.27. The second-order valence-corrected chi connectivity index (χ2v) is 6.14. The third-order valence-corrected chi connectivity index (χ3v) is 4.02. The average molecular weight is 267 g/mol. The van der Waals surface area contributed by atoms with Crippen molar-refractivity contribution >= 4 is 0 Å². The molecule has 0 aliphatic carbocycles. The fourth-order valence-corrected chi connectivity index (χ4v) is 2.69. The van der Waals surface area contributed by atoms with Crippen molar-refractivity contribution in [3.63, 3.8) is 0 Å². The van der Waals surface area contributed by atoms with Crippen LogP contribution in [0.3, 0.4) is 0 Å². The predicted molar refractivity (Wildman–Crippen MR) is 87.1 cm³/mol. The number of hydrogen-bond donors (Lipinski definition) is 0. The van der Waals surface area contributed by atoms with Crippen LogP contribution in [0.5, 0.6) is 0 Å². The highest BCUT2D eigenvalue weighted by Crippen LogP contribution is 2.31. The summed E-state index contributed by atoms with van der Waals surface area (Å²) in [5.74, 6) is 0. The molecule has 1 atom stereocenters. The lowest BCUT2D eigenvalue weighted by molar-refractivity contribution is 0.326. The third-order valence-electron chi connectivity index (χ3n) is 4.02. The van der Waals surface area contributed by atoms with E-state index in [4.69, 9.17) is 0 Å². The molecule has 0 amide bonds. The normalized spacial score (nSPS) is 14.2. The van der Waals surface area contributed by atoms with E-state index in [9.17, 15) is 0 Å². The summed E-state index contributed by atoms with van der Waals surface area (Å²) in [6.45, 7) is 3.50. The largest absolute Gasteiger partial charge is 0.309 e. The van der Waals surface area contributed by atoms with Gasteiger partial charge in [-0.25, -0.2) is 0 Å². The molecule has 2 aromatic rings. The van der Waals surface area contributed by atoms with Crippen LogP contribution in [0.4, 0.5) is 0 Å². The van der Waals surface area contributed by atoms with Crippen LogP contribution in [0.15, 0.2) is 60.7 Å². The van der Waals surface area contributed by atoms with E-state index < -0.39 is 0 Å². The summed E-state index contributed by atoms with van der Waals surface area (Å²) >= 11 is 0. The summed E-state index contributed by atoms with van der Waals surface area (Å²) in [6, 6.07) is 21.7. The molecule has 0 saturated heterocycles. The number of rotatable bonds is 6. The van der Waals surface area contributed by atoms with E-state index in [-0.39, 0.29) is 5.41 Å². The molecule has 0 bridgehead atoms. The monoisotopic (exact) mass is 267 g/mol. The molecule has 2 rings (SSSR count). The van der Waals surface area contributed by atoms with Gasteiger partial charge in [-0.15, -0.1) is 0 Å². The number of nitrogens with zero attached hydrogens (tertiary/aromatic N) is 1. The Balaban J connectivity index is 2.24. The first-order chi connectivity index (χ1) is 9.60. The number of benzene rings is 2. The van der Waals surface area contributed by atoms with Crippen molar-refractivity contribution in [2.75, 3.05) is 20.6 Å². The molecular formula is C19H25N. The summed E-state index contributed by atoms with van der Waals surface area (Å²) in [6.07, 6.45) is 2.25. The van der Waals surface area contributed by atoms with E-state index in [0.717, 1.165) is 13.0 Å². The maximum atomic E-state index is 2.39. The summed E-state index contributed by atoms with van der Waals surface area (Å²) < 4.78 is 0. The molecule has 0 radical (unpaired) electrons. The number of hydrogen-bond acceptors (Lipinski definition) is 1. The smallest absolute Gasteiger partial charge is 0.00163 e. The lowest BCUT2D eigenvalue weighted by Crippen LogP contribution is -2.30. The van der Waals surface area contributed by atoms with Crippen LogP contribution in [0.2, 0.25) is 0 Å². The van der Waals surface area contributed by atoms with E-state index in [2.05, 4.69) is 86.6 Å². The van der Waals surface area contributed by atoms with Crippen LogP contribution in [-0.4, -0.2) is 25.5 Å². The Morgan fingerprint density at radius 3 is 1.95 bits per heavy atom. The Hall–Kier alpha value is -1.60. The summed E-state index contributed by atoms with van der Waals surface area (Å²) in [5, 5.41) is 0. The van der Waals surface area contributed by atoms with Crippen LogP contribution in [0.1, 0.15) is 24.5 Å². The molecule has 0 saturated carbocycles. The van der Waals surface area contributed by atoms with Crippen LogP contribution in [0, 0.1) is 0 Å². The quantitative estimate of drug-likeness (QED) is 0.760. The van der Waals surface area contributed by atoms with Crippen molar-refractivity contribution in [3.8, 4) is 0 Å². The van der Waals surface area contributed by atoms with Gasteiger partial charge >= 0.3 is 0 Å². The highest BCUT2D eigenvalue weighted by Gasteiger charge is 2.26. The molecule has 0 spiro atoms. The highest BCUT2D eigenvalue weighted by atomic mass is 15.0. The minimum atomic E-state index is 0.187. The summed E-state index contributed by atoms with van der Waals surface area (Å²) in [7, 11) is 4.29. The van der Waals surface area contributed by atoms with Crippen molar-refractivity contribution in [1.82, 2.24) is 4.90 Å². The maximum Gasteiger partial charge on any atom is -0.00163 e. The third kappa shape index (κ3) is 3.94. The van der Waals surface area contributed by atoms with Crippen molar-refractivity contribution in [3.05, 3.63) is 71.8 Å². The molecule has 0 heterocycles. The lowest BCUT2D eigenvalue weighted by Gasteiger charge is -2.32. The van der Waals surface area contributed by atoms with Crippen molar-refractivity contribution in [1.29, 1.82) is 0 Å². The molecule has 0 aliphatic heterocycles. The standard InChI is InChI=1S/C19H25N/c1-19(14-15-20(2)3,18-12-8-5-9-13-18)16-17-10-6-4-7-11-17/h4-13H,14-16H2,1-3H3. The van der Waals surface area contributed by atoms with Gasteiger partial charge in [0.15, 0.2) is 0 Å². The van der Waals surface area contributed by atoms with Gasteiger partial charge in [0, 0.05) is 0 Å². The van der Waals surface area contributed by atoms with Crippen molar-refractivity contribution in [2.24, 2.45) is 0 Å². The molecule has 1 nitrogen and oxygen atoms in total. The molecule has 1 heteroatoms. The Bertz CT molecular complexity index is 504. The molecular weight excluding hydrogens is 242 g/mol. The fourth-order valence-electron chi connectivity index (χ4n) is 2.69. The molecule has 20 heavy (non-hydrogen) atoms. The van der Waals surface area contributed by atoms with Crippen LogP contribution in [-0.2, 0) is 11.8 Å². The van der Waals surface area contributed by atoms with Crippen molar-refractivity contribution in [2.45, 2.75) is 25.2 Å². The Morgan fingerprint density at radius 2 is 1.40 bits per heavy atom. The van der Waals surface area contributed by atoms with E-state index in [1.807, 2.05) is 0 Å². The second-order valence-electron chi connectivity index (χ2n) is 6.14. The Kier molecular flexibility index (Phi) is 4.97. The van der Waals surface area contributed by atoms with Crippen LogP contribution in [0.25, 0.3) is 0 Å². The van der Waals surface area contributed by atoms with Gasteiger partial charge in [0.05, 0.1) is 0 Å². The van der Waals surface area contributed by atoms with E-state index in [0.29, 0.717) is 0 Å². The molecule has 1 unspecified atom stereocenters. The first kappa shape index (κ1) is 14.8. The van der Waals surface area contributed by atoms with Gasteiger partial charge in [-0.2, -0.15) is 0 Å². The van der Waals surface area contributed by atoms with Crippen molar-refractivity contribution < 1.29 is 0 Å². The molecule has 2 aromatic carbocycles. The van der Waals surface area contributed by atoms with Gasteiger partial charge in [-0.1, -0.05) is 67.6 Å². The predicted octanol–water partition coefficient (Wildman–Crippen LogP) is 4.14. The SMILES string of the molecule is CN(C)CCC(C)(Cc1ccccc1)c1ccccc1. The zero-order valence-electron chi connectivity index (χ0n) is 12.8. The first-order valence-electron chi connectivity index (χ1n) is 7.34. The maximum absolute atomic E-state index is 2.39. The zero-order chi connectivity index (χ0) is 14.4. The van der Waals surface area contributed by atoms with Gasteiger partial charge in [0.2, 0.25) is 0 Å². The topological polar surface area (TPSA) is 3.24 Å². The Labute approximate surface area is 123 Å². The van der Waals surface area contributed by atoms with Gasteiger partial charge in [-0.05, 0) is 50.0 Å². The molecule has 0 fully saturated rings. The minimum absolute atomic E-state index is 0.187. The fraction of sp³-hybridized carbons (Fsp3) is 0.368. The van der Waals surface area contributed by atoms with E-state index in [1.54, 1.807) is 0 Å². The highest BCUT2D eigenvalue weighted by molar-refractivity contribution is 5.28. The minimum Gasteiger partial charge on any atom is -0.309 e. The molecule has 0 N–H and O–H groups in total. The van der Waals surface area contributed by atoms with E-state index >= 15 is 0 Å². The van der Waals surface area contributed by atoms with Gasteiger partial charge in [0.1, 0.15) is 0 Å². The van der Waals surface area contributed by atoms with Gasteiger partial charge < -0.3 is 4.90 Å². The molecule has 106 valence electrons. The molecule has 0 aromatic heterocycles. The summed E-state index contributed by atoms with van der Waals surface area (Å²) in [5.41, 5.74) is 3.04. The van der Waals surface area contributed by atoms with Gasteiger partial charge in [-0.3, -0.25) is 0 Å². The molecule has 0 aliphatic rings. The zero-order valence-corrected chi connectivity index (χ0v) is 12.8. The first-order valence-corrected chi connectivity index (χ1v) is 7.34. The van der Waals surface area contributed by atoms with Crippen LogP contribution >= 0.6 is 0 Å². The average Bonchev–Trinajstić information content (AvgIpc) is 2.47. The van der Waals surface area contributed by atoms with Gasteiger partial charge in [0.25, 0.3) is 0 Å². The second kappa shape index (κ2) is 6.71. The van der Waals surface area contributed by atoms with E-state index in [1.165, 1.54) is 17.5 Å². The van der Waals surface area contributed by atoms with Crippen LogP contribution < -0.4 is 0 Å². The Morgan fingerprint density at radius 1 is 0.850 bits per heavy atom.